The van der Waals surface area contributed by atoms with Crippen LogP contribution >= 0.6 is 0 Å². The quantitative estimate of drug-likeness (QED) is 0.0519. The highest BCUT2D eigenvalue weighted by atomic mass is 16.8. The molecule has 0 amide bonds. The maximum Gasteiger partial charge on any atom is 0.337 e. The topological polar surface area (TPSA) is 383 Å². The van der Waals surface area contributed by atoms with Gasteiger partial charge in [0.2, 0.25) is 0 Å². The lowest BCUT2D eigenvalue weighted by atomic mass is 9.33. The van der Waals surface area contributed by atoms with E-state index < -0.39 is 170 Å². The van der Waals surface area contributed by atoms with Gasteiger partial charge < -0.3 is 114 Å². The molecule has 9 rings (SSSR count). The van der Waals surface area contributed by atoms with Gasteiger partial charge in [0.25, 0.3) is 0 Å². The molecule has 14 N–H and O–H groups in total. The second-order valence-corrected chi connectivity index (χ2v) is 26.4. The highest BCUT2D eigenvalue weighted by Crippen LogP contribution is 2.76. The molecule has 4 saturated carbocycles. The minimum atomic E-state index is -2.00. The van der Waals surface area contributed by atoms with Crippen molar-refractivity contribution in [3.63, 3.8) is 0 Å². The Bertz CT molecular complexity index is 2170. The number of carbonyl (C=O) groups is 1. The first kappa shape index (κ1) is 61.9. The first-order valence-electron chi connectivity index (χ1n) is 28.3. The van der Waals surface area contributed by atoms with Crippen LogP contribution in [0.3, 0.4) is 0 Å². The number of hydrogen-bond donors (Lipinski definition) is 14. The standard InChI is InChI=1S/C55H90O24/c1-23-32(60)35(63)41(69)47(73-23)78-43-37(65)34(62)27(20-57)75-48(43)79-44-39(67)38(66)42(45(70)71-8)77-49(44)76-31-12-13-52(4)28(53(31,5)21-58)11-14-55(7)29(52)10-9-24-25-17-50(2,18-30(59)51(25,3)15-16-54(24,55)6)22-72-46-40(68)36(64)33(61)26(19-56)74-46/h9,23,25-44,46-49,56-69H,10-22H2,1-8H3/t23-,25-,26+,27+,28?,29+,30+,31-,32-,33+,34-,35+,36-,37-,38-,39-,40+,41+,42-,43+,44+,46+,47-,48-,49+,50+,51+,52-,53+,54+,55+/m0/s1. The molecule has 9 aliphatic rings. The highest BCUT2D eigenvalue weighted by molar-refractivity contribution is 5.75. The van der Waals surface area contributed by atoms with Crippen LogP contribution in [0, 0.1) is 50.2 Å². The Balaban J connectivity index is 0.970. The van der Waals surface area contributed by atoms with Crippen LogP contribution in [0.1, 0.15) is 106 Å². The van der Waals surface area contributed by atoms with Crippen LogP contribution in [0.25, 0.3) is 0 Å². The molecule has 31 atom stereocenters. The lowest BCUT2D eigenvalue weighted by Gasteiger charge is -2.72. The van der Waals surface area contributed by atoms with Crippen LogP contribution in [0.5, 0.6) is 0 Å². The Morgan fingerprint density at radius 2 is 1.18 bits per heavy atom. The van der Waals surface area contributed by atoms with Gasteiger partial charge in [-0.3, -0.25) is 0 Å². The van der Waals surface area contributed by atoms with Crippen LogP contribution in [-0.4, -0.2) is 246 Å². The Labute approximate surface area is 460 Å². The average molecular weight is 1140 g/mol. The zero-order valence-electron chi connectivity index (χ0n) is 46.5. The summed E-state index contributed by atoms with van der Waals surface area (Å²) in [6, 6.07) is 0. The normalized spacial score (nSPS) is 55.8. The lowest BCUT2D eigenvalue weighted by Crippen LogP contribution is -2.68. The van der Waals surface area contributed by atoms with Crippen LogP contribution < -0.4 is 0 Å². The molecule has 0 aromatic rings. The molecule has 0 bridgehead atoms. The summed E-state index contributed by atoms with van der Waals surface area (Å²) in [6.07, 6.45) is -26.6. The lowest BCUT2D eigenvalue weighted by molar-refractivity contribution is -0.396. The van der Waals surface area contributed by atoms with Crippen LogP contribution in [-0.2, 0) is 47.4 Å². The summed E-state index contributed by atoms with van der Waals surface area (Å²) in [5.74, 6) is -1.14. The minimum Gasteiger partial charge on any atom is -0.467 e. The number of aliphatic hydroxyl groups is 14. The summed E-state index contributed by atoms with van der Waals surface area (Å²) >= 11 is 0. The molecular formula is C55H90O24. The Morgan fingerprint density at radius 3 is 1.81 bits per heavy atom. The van der Waals surface area contributed by atoms with E-state index in [4.69, 9.17) is 42.6 Å². The number of hydrogen-bond acceptors (Lipinski definition) is 24. The first-order valence-corrected chi connectivity index (χ1v) is 28.3. The average Bonchev–Trinajstić information content (AvgIpc) is 2.61. The molecule has 0 radical (unpaired) electrons. The van der Waals surface area contributed by atoms with Gasteiger partial charge in [-0.2, -0.15) is 0 Å². The van der Waals surface area contributed by atoms with Gasteiger partial charge in [-0.25, -0.2) is 4.79 Å². The third-order valence-electron chi connectivity index (χ3n) is 22.0. The smallest absolute Gasteiger partial charge is 0.337 e. The third kappa shape index (κ3) is 10.1. The van der Waals surface area contributed by atoms with Crippen molar-refractivity contribution in [1.82, 2.24) is 0 Å². The molecule has 24 heteroatoms. The van der Waals surface area contributed by atoms with Crippen molar-refractivity contribution in [3.8, 4) is 0 Å². The molecule has 0 aromatic heterocycles. The minimum absolute atomic E-state index is 0.0385. The van der Waals surface area contributed by atoms with E-state index in [9.17, 15) is 76.3 Å². The fourth-order valence-corrected chi connectivity index (χ4v) is 16.7. The number of esters is 1. The van der Waals surface area contributed by atoms with Crippen LogP contribution in [0.4, 0.5) is 0 Å². The van der Waals surface area contributed by atoms with Crippen LogP contribution in [0.2, 0.25) is 0 Å². The molecular weight excluding hydrogens is 1040 g/mol. The number of allylic oxidation sites excluding steroid dienone is 2. The van der Waals surface area contributed by atoms with E-state index in [0.717, 1.165) is 32.8 Å². The summed E-state index contributed by atoms with van der Waals surface area (Å²) in [5.41, 5.74) is -1.67. The maximum absolute atomic E-state index is 13.2. The van der Waals surface area contributed by atoms with E-state index in [1.54, 1.807) is 0 Å². The molecule has 0 spiro atoms. The van der Waals surface area contributed by atoms with Crippen LogP contribution in [0.15, 0.2) is 11.6 Å². The van der Waals surface area contributed by atoms with E-state index >= 15 is 0 Å². The number of methoxy groups -OCH3 is 1. The maximum atomic E-state index is 13.2. The van der Waals surface area contributed by atoms with Crippen molar-refractivity contribution in [1.29, 1.82) is 0 Å². The monoisotopic (exact) mass is 1130 g/mol. The summed E-state index contributed by atoms with van der Waals surface area (Å²) in [5, 5.41) is 153. The number of ether oxygens (including phenoxy) is 9. The van der Waals surface area contributed by atoms with Crippen molar-refractivity contribution in [2.45, 2.75) is 241 Å². The van der Waals surface area contributed by atoms with Crippen molar-refractivity contribution < 1.29 is 119 Å². The van der Waals surface area contributed by atoms with E-state index in [0.29, 0.717) is 32.1 Å². The van der Waals surface area contributed by atoms with Crippen molar-refractivity contribution >= 4 is 5.97 Å². The predicted molar refractivity (Wildman–Crippen MR) is 269 cm³/mol. The van der Waals surface area contributed by atoms with Gasteiger partial charge in [-0.05, 0) is 104 Å². The fraction of sp³-hybridized carbons (Fsp3) is 0.945. The zero-order chi connectivity index (χ0) is 57.9. The van der Waals surface area contributed by atoms with Gasteiger partial charge in [0.05, 0.1) is 51.8 Å². The van der Waals surface area contributed by atoms with E-state index in [1.165, 1.54) is 12.5 Å². The second kappa shape index (κ2) is 22.6. The molecule has 1 unspecified atom stereocenters. The van der Waals surface area contributed by atoms with Crippen molar-refractivity contribution in [3.05, 3.63) is 11.6 Å². The summed E-state index contributed by atoms with van der Waals surface area (Å²) in [4.78, 5) is 13.2. The molecule has 4 saturated heterocycles. The molecule has 79 heavy (non-hydrogen) atoms. The van der Waals surface area contributed by atoms with Crippen molar-refractivity contribution in [2.75, 3.05) is 33.5 Å². The molecule has 0 aromatic carbocycles. The Morgan fingerprint density at radius 1 is 0.595 bits per heavy atom. The van der Waals surface area contributed by atoms with E-state index in [1.807, 2.05) is 13.8 Å². The van der Waals surface area contributed by atoms with E-state index in [2.05, 4.69) is 33.8 Å². The van der Waals surface area contributed by atoms with Gasteiger partial charge in [-0.15, -0.1) is 0 Å². The van der Waals surface area contributed by atoms with Gasteiger partial charge in [0.1, 0.15) is 85.5 Å². The van der Waals surface area contributed by atoms with E-state index in [-0.39, 0.29) is 47.2 Å². The molecule has 454 valence electrons. The SMILES string of the molecule is COC(=O)[C@H]1O[C@@H](O[C@H]2CC[C@@]3(C)C(CC[C@]4(C)[C@@H]3CC=C3[C@@H]5C[C@@](C)(CO[C@@H]6O[C@H](CO)[C@@H](O)[C@H](O)[C@H]6O)C[C@@H](O)[C@]5(C)CC[C@]34C)[C@@]2(C)CO)[C@H](O[C@@H]2O[C@H](CO)[C@H](O)[C@H](O)[C@H]2O[C@@H]2O[C@@H](C)[C@H](O)[C@@H](O)[C@H]2O)[C@@H](O)[C@@H]1O. The van der Waals surface area contributed by atoms with Gasteiger partial charge in [0, 0.05) is 10.8 Å². The van der Waals surface area contributed by atoms with Gasteiger partial charge in [0.15, 0.2) is 31.3 Å². The number of fused-ring (bicyclic) bond motifs is 7. The third-order valence-corrected chi connectivity index (χ3v) is 22.0. The number of rotatable bonds is 13. The molecule has 4 heterocycles. The molecule has 24 nitrogen and oxygen atoms in total. The van der Waals surface area contributed by atoms with Crippen molar-refractivity contribution in [2.24, 2.45) is 50.2 Å². The summed E-state index contributed by atoms with van der Waals surface area (Å²) in [7, 11) is 1.07. The number of aliphatic hydroxyl groups excluding tert-OH is 14. The predicted octanol–water partition coefficient (Wildman–Crippen LogP) is -2.41. The second-order valence-electron chi connectivity index (χ2n) is 26.4. The van der Waals surface area contributed by atoms with Gasteiger partial charge in [-0.1, -0.05) is 53.2 Å². The molecule has 8 fully saturated rings. The Hall–Kier alpha value is -1.67. The number of carbonyl (C=O) groups excluding carboxylic acids is 1. The van der Waals surface area contributed by atoms with Gasteiger partial charge >= 0.3 is 5.97 Å². The Kier molecular flexibility index (Phi) is 17.7. The zero-order valence-corrected chi connectivity index (χ0v) is 46.5. The first-order chi connectivity index (χ1) is 37.0. The largest absolute Gasteiger partial charge is 0.467 e. The molecule has 5 aliphatic carbocycles. The molecule has 4 aliphatic heterocycles. The summed E-state index contributed by atoms with van der Waals surface area (Å²) < 4.78 is 53.6. The summed E-state index contributed by atoms with van der Waals surface area (Å²) in [6.45, 7) is 12.9. The fourth-order valence-electron chi connectivity index (χ4n) is 16.7. The highest BCUT2D eigenvalue weighted by Gasteiger charge is 2.70.